The molecule has 6 nitrogen and oxygen atoms in total. The fourth-order valence-electron chi connectivity index (χ4n) is 3.95. The lowest BCUT2D eigenvalue weighted by Gasteiger charge is -2.36. The maximum atomic E-state index is 12.7. The zero-order valence-electron chi connectivity index (χ0n) is 17.8. The van der Waals surface area contributed by atoms with Crippen molar-refractivity contribution in [1.29, 1.82) is 0 Å². The molecule has 7 heteroatoms. The van der Waals surface area contributed by atoms with E-state index in [1.807, 2.05) is 12.1 Å². The molecule has 1 aliphatic rings. The Balaban J connectivity index is 1.62. The van der Waals surface area contributed by atoms with Gasteiger partial charge in [0.1, 0.15) is 5.82 Å². The molecule has 1 fully saturated rings. The number of carbonyl (C=O) groups excluding carboxylic acids is 1. The average Bonchev–Trinajstić information content (AvgIpc) is 3.25. The summed E-state index contributed by atoms with van der Waals surface area (Å²) >= 11 is 1.69. The lowest BCUT2D eigenvalue weighted by atomic mass is 10.1. The lowest BCUT2D eigenvalue weighted by Crippen LogP contribution is -2.45. The summed E-state index contributed by atoms with van der Waals surface area (Å²) in [7, 11) is 0. The molecule has 3 unspecified atom stereocenters. The first-order valence-electron chi connectivity index (χ1n) is 10.4. The van der Waals surface area contributed by atoms with Gasteiger partial charge in [-0.15, -0.1) is 0 Å². The van der Waals surface area contributed by atoms with E-state index in [9.17, 15) is 4.79 Å². The molecule has 158 valence electrons. The van der Waals surface area contributed by atoms with Gasteiger partial charge in [0.05, 0.1) is 23.8 Å². The molecule has 0 aliphatic carbocycles. The highest BCUT2D eigenvalue weighted by atomic mass is 32.1. The van der Waals surface area contributed by atoms with Crippen molar-refractivity contribution in [2.24, 2.45) is 0 Å². The number of amides is 1. The molecule has 1 saturated heterocycles. The van der Waals surface area contributed by atoms with Gasteiger partial charge in [0, 0.05) is 25.8 Å². The molecular formula is C22H32N4O2S. The summed E-state index contributed by atoms with van der Waals surface area (Å²) in [6, 6.07) is 6.11. The van der Waals surface area contributed by atoms with Gasteiger partial charge < -0.3 is 15.0 Å². The minimum absolute atomic E-state index is 0.0832. The minimum atomic E-state index is -0.0832. The van der Waals surface area contributed by atoms with Gasteiger partial charge in [-0.25, -0.2) is 4.98 Å². The van der Waals surface area contributed by atoms with E-state index in [-0.39, 0.29) is 24.2 Å². The second-order valence-electron chi connectivity index (χ2n) is 7.57. The van der Waals surface area contributed by atoms with Crippen molar-refractivity contribution in [1.82, 2.24) is 15.2 Å². The van der Waals surface area contributed by atoms with Crippen molar-refractivity contribution in [3.8, 4) is 0 Å². The SMILES string of the molecule is CCN(CC)C(CNC(=O)c1ccc(N2CC(C)OC(C)C2)nc1)c1ccsc1. The minimum Gasteiger partial charge on any atom is -0.372 e. The van der Waals surface area contributed by atoms with Crippen LogP contribution in [0.4, 0.5) is 5.82 Å². The fraction of sp³-hybridized carbons (Fsp3) is 0.545. The first-order chi connectivity index (χ1) is 14.0. The fourth-order valence-corrected chi connectivity index (χ4v) is 4.66. The normalized spacial score (nSPS) is 20.7. The van der Waals surface area contributed by atoms with Crippen LogP contribution in [0, 0.1) is 0 Å². The molecule has 2 aromatic heterocycles. The largest absolute Gasteiger partial charge is 0.372 e. The highest BCUT2D eigenvalue weighted by molar-refractivity contribution is 7.07. The molecule has 0 bridgehead atoms. The van der Waals surface area contributed by atoms with Crippen LogP contribution < -0.4 is 10.2 Å². The molecule has 0 spiro atoms. The van der Waals surface area contributed by atoms with Crippen LogP contribution in [0.25, 0.3) is 0 Å². The number of likely N-dealkylation sites (N-methyl/N-ethyl adjacent to an activating group) is 1. The number of hydrogen-bond donors (Lipinski definition) is 1. The van der Waals surface area contributed by atoms with Gasteiger partial charge in [0.25, 0.3) is 5.91 Å². The third kappa shape index (κ3) is 5.56. The second-order valence-corrected chi connectivity index (χ2v) is 8.35. The Hall–Kier alpha value is -1.96. The molecule has 3 rings (SSSR count). The van der Waals surface area contributed by atoms with Gasteiger partial charge in [-0.1, -0.05) is 13.8 Å². The summed E-state index contributed by atoms with van der Waals surface area (Å²) in [5, 5.41) is 7.35. The van der Waals surface area contributed by atoms with Crippen molar-refractivity contribution < 1.29 is 9.53 Å². The second kappa shape index (κ2) is 10.2. The van der Waals surface area contributed by atoms with Crippen LogP contribution >= 0.6 is 11.3 Å². The standard InChI is InChI=1S/C22H32N4O2S/c1-5-25(6-2)20(19-9-10-29-15-19)12-24-22(27)18-7-8-21(23-11-18)26-13-16(3)28-17(4)14-26/h7-11,15-17,20H,5-6,12-14H2,1-4H3,(H,24,27). The molecule has 0 radical (unpaired) electrons. The van der Waals surface area contributed by atoms with Gasteiger partial charge in [0.2, 0.25) is 0 Å². The third-order valence-corrected chi connectivity index (χ3v) is 6.09. The van der Waals surface area contributed by atoms with E-state index in [1.54, 1.807) is 17.5 Å². The van der Waals surface area contributed by atoms with E-state index >= 15 is 0 Å². The maximum Gasteiger partial charge on any atom is 0.252 e. The van der Waals surface area contributed by atoms with Crippen LogP contribution in [0.3, 0.4) is 0 Å². The first-order valence-corrected chi connectivity index (χ1v) is 11.4. The Bertz CT molecular complexity index is 752. The monoisotopic (exact) mass is 416 g/mol. The molecule has 2 aromatic rings. The predicted molar refractivity (Wildman–Crippen MR) is 119 cm³/mol. The smallest absolute Gasteiger partial charge is 0.252 e. The molecule has 3 heterocycles. The maximum absolute atomic E-state index is 12.7. The highest BCUT2D eigenvalue weighted by Crippen LogP contribution is 2.23. The van der Waals surface area contributed by atoms with Crippen LogP contribution in [0.5, 0.6) is 0 Å². The number of nitrogens with one attached hydrogen (secondary N) is 1. The van der Waals surface area contributed by atoms with Gasteiger partial charge in [-0.2, -0.15) is 11.3 Å². The molecule has 29 heavy (non-hydrogen) atoms. The third-order valence-electron chi connectivity index (χ3n) is 5.39. The Morgan fingerprint density at radius 3 is 2.55 bits per heavy atom. The van der Waals surface area contributed by atoms with Gasteiger partial charge in [-0.05, 0) is 61.5 Å². The summed E-state index contributed by atoms with van der Waals surface area (Å²) < 4.78 is 5.79. The van der Waals surface area contributed by atoms with E-state index in [0.29, 0.717) is 12.1 Å². The topological polar surface area (TPSA) is 57.7 Å². The van der Waals surface area contributed by atoms with Gasteiger partial charge in [0.15, 0.2) is 0 Å². The van der Waals surface area contributed by atoms with Crippen molar-refractivity contribution in [2.75, 3.05) is 37.6 Å². The molecule has 0 aromatic carbocycles. The Labute approximate surface area is 177 Å². The number of carbonyl (C=O) groups is 1. The van der Waals surface area contributed by atoms with Crippen LogP contribution in [0.15, 0.2) is 35.2 Å². The molecular weight excluding hydrogens is 384 g/mol. The van der Waals surface area contributed by atoms with Crippen LogP contribution in [0.2, 0.25) is 0 Å². The number of pyridine rings is 1. The van der Waals surface area contributed by atoms with Crippen LogP contribution in [-0.4, -0.2) is 60.7 Å². The molecule has 0 saturated carbocycles. The number of morpholine rings is 1. The summed E-state index contributed by atoms with van der Waals surface area (Å²) in [6.45, 7) is 12.6. The summed E-state index contributed by atoms with van der Waals surface area (Å²) in [6.07, 6.45) is 2.03. The summed E-state index contributed by atoms with van der Waals surface area (Å²) in [5.74, 6) is 0.808. The van der Waals surface area contributed by atoms with E-state index < -0.39 is 0 Å². The molecule has 1 N–H and O–H groups in total. The van der Waals surface area contributed by atoms with Gasteiger partial charge >= 0.3 is 0 Å². The summed E-state index contributed by atoms with van der Waals surface area (Å²) in [5.41, 5.74) is 1.84. The quantitative estimate of drug-likeness (QED) is 0.713. The highest BCUT2D eigenvalue weighted by Gasteiger charge is 2.23. The number of thiophene rings is 1. The number of hydrogen-bond acceptors (Lipinski definition) is 6. The van der Waals surface area contributed by atoms with Gasteiger partial charge in [-0.3, -0.25) is 9.69 Å². The Kier molecular flexibility index (Phi) is 7.64. The van der Waals surface area contributed by atoms with E-state index in [0.717, 1.165) is 32.0 Å². The van der Waals surface area contributed by atoms with E-state index in [4.69, 9.17) is 4.74 Å². The number of rotatable bonds is 8. The Morgan fingerprint density at radius 2 is 2.00 bits per heavy atom. The zero-order valence-corrected chi connectivity index (χ0v) is 18.6. The number of anilines is 1. The number of nitrogens with zero attached hydrogens (tertiary/aromatic N) is 3. The predicted octanol–water partition coefficient (Wildman–Crippen LogP) is 3.57. The number of aromatic nitrogens is 1. The lowest BCUT2D eigenvalue weighted by molar-refractivity contribution is -0.00546. The van der Waals surface area contributed by atoms with Crippen molar-refractivity contribution in [3.63, 3.8) is 0 Å². The van der Waals surface area contributed by atoms with E-state index in [2.05, 4.69) is 64.6 Å². The summed E-state index contributed by atoms with van der Waals surface area (Å²) in [4.78, 5) is 21.8. The van der Waals surface area contributed by atoms with E-state index in [1.165, 1.54) is 5.56 Å². The Morgan fingerprint density at radius 1 is 1.28 bits per heavy atom. The van der Waals surface area contributed by atoms with Crippen LogP contribution in [-0.2, 0) is 4.74 Å². The van der Waals surface area contributed by atoms with Crippen molar-refractivity contribution in [2.45, 2.75) is 45.9 Å². The molecule has 1 amide bonds. The molecule has 1 aliphatic heterocycles. The average molecular weight is 417 g/mol. The van der Waals surface area contributed by atoms with Crippen molar-refractivity contribution in [3.05, 3.63) is 46.3 Å². The first kappa shape index (κ1) is 21.7. The van der Waals surface area contributed by atoms with Crippen LogP contribution in [0.1, 0.15) is 49.7 Å². The zero-order chi connectivity index (χ0) is 20.8. The van der Waals surface area contributed by atoms with Crippen molar-refractivity contribution >= 4 is 23.1 Å². The number of ether oxygens (including phenoxy) is 1. The molecule has 3 atom stereocenters.